The first-order chi connectivity index (χ1) is 7.17. The van der Waals surface area contributed by atoms with Crippen molar-refractivity contribution in [3.63, 3.8) is 0 Å². The number of hydrogen-bond acceptors (Lipinski definition) is 3. The number of aromatic amines is 1. The second-order valence-electron chi connectivity index (χ2n) is 3.02. The molecular formula is C9H7ClFN3O. The van der Waals surface area contributed by atoms with Gasteiger partial charge in [-0.15, -0.1) is 0 Å². The molecule has 0 aliphatic carbocycles. The number of H-pyrrole nitrogens is 1. The van der Waals surface area contributed by atoms with E-state index < -0.39 is 6.67 Å². The van der Waals surface area contributed by atoms with Gasteiger partial charge in [0.15, 0.2) is 6.29 Å². The Morgan fingerprint density at radius 1 is 1.67 bits per heavy atom. The van der Waals surface area contributed by atoms with Crippen molar-refractivity contribution in [2.45, 2.75) is 6.67 Å². The van der Waals surface area contributed by atoms with Gasteiger partial charge in [0.05, 0.1) is 21.7 Å². The molecule has 0 saturated carbocycles. The molecule has 0 fully saturated rings. The van der Waals surface area contributed by atoms with Gasteiger partial charge in [-0.3, -0.25) is 4.79 Å². The van der Waals surface area contributed by atoms with Crippen molar-refractivity contribution in [2.75, 3.05) is 5.73 Å². The molecule has 0 aliphatic heterocycles. The molecule has 1 aromatic carbocycles. The molecule has 1 aromatic heterocycles. The summed E-state index contributed by atoms with van der Waals surface area (Å²) in [5, 5.41) is 0.196. The quantitative estimate of drug-likeness (QED) is 0.610. The number of alkyl halides is 1. The highest BCUT2D eigenvalue weighted by molar-refractivity contribution is 6.38. The summed E-state index contributed by atoms with van der Waals surface area (Å²) in [6.45, 7) is -0.721. The average molecular weight is 228 g/mol. The fourth-order valence-corrected chi connectivity index (χ4v) is 1.61. The van der Waals surface area contributed by atoms with Crippen LogP contribution in [0, 0.1) is 0 Å². The summed E-state index contributed by atoms with van der Waals surface area (Å²) in [6.07, 6.45) is 0.588. The smallest absolute Gasteiger partial charge is 0.152 e. The standard InChI is InChI=1S/C9H7ClFN3O/c10-7-8(12)4(3-15)1-5-9(7)14-6(2-11)13-5/h1,3H,2,12H2,(H,13,14). The van der Waals surface area contributed by atoms with Crippen molar-refractivity contribution >= 4 is 34.6 Å². The van der Waals surface area contributed by atoms with Crippen molar-refractivity contribution in [1.82, 2.24) is 9.97 Å². The fourth-order valence-electron chi connectivity index (χ4n) is 1.36. The van der Waals surface area contributed by atoms with Crippen LogP contribution in [0.2, 0.25) is 5.02 Å². The van der Waals surface area contributed by atoms with Crippen LogP contribution in [0.5, 0.6) is 0 Å². The molecule has 0 amide bonds. The fraction of sp³-hybridized carbons (Fsp3) is 0.111. The largest absolute Gasteiger partial charge is 0.397 e. The number of carbonyl (C=O) groups is 1. The van der Waals surface area contributed by atoms with E-state index in [4.69, 9.17) is 17.3 Å². The van der Waals surface area contributed by atoms with Crippen molar-refractivity contribution in [3.05, 3.63) is 22.5 Å². The van der Waals surface area contributed by atoms with Crippen molar-refractivity contribution < 1.29 is 9.18 Å². The van der Waals surface area contributed by atoms with E-state index in [-0.39, 0.29) is 22.1 Å². The molecule has 0 saturated heterocycles. The van der Waals surface area contributed by atoms with Crippen LogP contribution in [0.4, 0.5) is 10.1 Å². The van der Waals surface area contributed by atoms with Crippen LogP contribution in [-0.2, 0) is 6.67 Å². The lowest BCUT2D eigenvalue weighted by Crippen LogP contribution is -1.94. The van der Waals surface area contributed by atoms with Gasteiger partial charge in [-0.1, -0.05) is 11.6 Å². The van der Waals surface area contributed by atoms with Gasteiger partial charge < -0.3 is 10.7 Å². The lowest BCUT2D eigenvalue weighted by Gasteiger charge is -2.01. The third-order valence-electron chi connectivity index (χ3n) is 2.09. The van der Waals surface area contributed by atoms with Crippen LogP contribution < -0.4 is 5.73 Å². The minimum Gasteiger partial charge on any atom is -0.397 e. The first-order valence-electron chi connectivity index (χ1n) is 4.15. The number of carbonyl (C=O) groups excluding carboxylic acids is 1. The molecule has 0 unspecified atom stereocenters. The maximum Gasteiger partial charge on any atom is 0.152 e. The number of aldehydes is 1. The number of aromatic nitrogens is 2. The van der Waals surface area contributed by atoms with Gasteiger partial charge in [-0.2, -0.15) is 0 Å². The van der Waals surface area contributed by atoms with E-state index in [1.54, 1.807) is 0 Å². The third kappa shape index (κ3) is 1.45. The highest BCUT2D eigenvalue weighted by Crippen LogP contribution is 2.30. The van der Waals surface area contributed by atoms with E-state index >= 15 is 0 Å². The Kier molecular flexibility index (Phi) is 2.32. The summed E-state index contributed by atoms with van der Waals surface area (Å²) in [6, 6.07) is 1.47. The zero-order chi connectivity index (χ0) is 11.0. The number of nitrogens with one attached hydrogen (secondary N) is 1. The Hall–Kier alpha value is -1.62. The zero-order valence-corrected chi connectivity index (χ0v) is 8.31. The molecule has 0 aliphatic rings. The Morgan fingerprint density at radius 2 is 2.40 bits per heavy atom. The molecule has 15 heavy (non-hydrogen) atoms. The highest BCUT2D eigenvalue weighted by atomic mass is 35.5. The summed E-state index contributed by atoms with van der Waals surface area (Å²) in [4.78, 5) is 17.3. The number of imidazole rings is 1. The van der Waals surface area contributed by atoms with Crippen molar-refractivity contribution in [2.24, 2.45) is 0 Å². The van der Waals surface area contributed by atoms with E-state index in [1.165, 1.54) is 6.07 Å². The number of hydrogen-bond donors (Lipinski definition) is 2. The first-order valence-corrected chi connectivity index (χ1v) is 4.53. The molecule has 2 rings (SSSR count). The Balaban J connectivity index is 2.81. The maximum atomic E-state index is 12.3. The Morgan fingerprint density at radius 3 is 3.00 bits per heavy atom. The number of nitrogen functional groups attached to an aromatic ring is 1. The van der Waals surface area contributed by atoms with Gasteiger partial charge in [-0.05, 0) is 6.07 Å². The number of anilines is 1. The number of rotatable bonds is 2. The average Bonchev–Trinajstić information content (AvgIpc) is 2.66. The van der Waals surface area contributed by atoms with Gasteiger partial charge >= 0.3 is 0 Å². The second kappa shape index (κ2) is 3.51. The number of nitrogens with zero attached hydrogens (tertiary/aromatic N) is 1. The SMILES string of the molecule is Nc1c(C=O)cc2nc(CF)[nH]c2c1Cl. The molecule has 78 valence electrons. The maximum absolute atomic E-state index is 12.3. The number of nitrogens with two attached hydrogens (primary N) is 1. The van der Waals surface area contributed by atoms with Crippen LogP contribution in [0.25, 0.3) is 11.0 Å². The lowest BCUT2D eigenvalue weighted by molar-refractivity contribution is 0.112. The molecule has 0 radical (unpaired) electrons. The number of benzene rings is 1. The second-order valence-corrected chi connectivity index (χ2v) is 3.40. The van der Waals surface area contributed by atoms with E-state index in [2.05, 4.69) is 9.97 Å². The molecule has 0 atom stereocenters. The molecule has 0 bridgehead atoms. The van der Waals surface area contributed by atoms with E-state index in [1.807, 2.05) is 0 Å². The van der Waals surface area contributed by atoms with Crippen LogP contribution >= 0.6 is 11.6 Å². The summed E-state index contributed by atoms with van der Waals surface area (Å²) >= 11 is 5.90. The van der Waals surface area contributed by atoms with Crippen molar-refractivity contribution in [1.29, 1.82) is 0 Å². The minimum absolute atomic E-state index is 0.161. The van der Waals surface area contributed by atoms with Crippen LogP contribution in [0.15, 0.2) is 6.07 Å². The molecule has 1 heterocycles. The number of halogens is 2. The number of fused-ring (bicyclic) bond motifs is 1. The predicted octanol–water partition coefficient (Wildman–Crippen LogP) is 2.08. The summed E-state index contributed by atoms with van der Waals surface area (Å²) in [5.74, 6) is 0.161. The summed E-state index contributed by atoms with van der Waals surface area (Å²) < 4.78 is 12.3. The minimum atomic E-state index is -0.721. The lowest BCUT2D eigenvalue weighted by atomic mass is 10.2. The highest BCUT2D eigenvalue weighted by Gasteiger charge is 2.12. The van der Waals surface area contributed by atoms with Gasteiger partial charge in [0.2, 0.25) is 0 Å². The topological polar surface area (TPSA) is 71.8 Å². The Bertz CT molecular complexity index is 538. The van der Waals surface area contributed by atoms with Gasteiger partial charge in [0.1, 0.15) is 12.5 Å². The van der Waals surface area contributed by atoms with Crippen LogP contribution in [-0.4, -0.2) is 16.3 Å². The van der Waals surface area contributed by atoms with Crippen LogP contribution in [0.1, 0.15) is 16.2 Å². The first kappa shape index (κ1) is 9.92. The predicted molar refractivity (Wildman–Crippen MR) is 55.7 cm³/mol. The van der Waals surface area contributed by atoms with Crippen molar-refractivity contribution in [3.8, 4) is 0 Å². The van der Waals surface area contributed by atoms with Crippen LogP contribution in [0.3, 0.4) is 0 Å². The monoisotopic (exact) mass is 227 g/mol. The summed E-state index contributed by atoms with van der Waals surface area (Å²) in [7, 11) is 0. The van der Waals surface area contributed by atoms with E-state index in [0.717, 1.165) is 0 Å². The molecule has 3 N–H and O–H groups in total. The van der Waals surface area contributed by atoms with Gasteiger partial charge in [0.25, 0.3) is 0 Å². The van der Waals surface area contributed by atoms with Gasteiger partial charge in [0, 0.05) is 5.56 Å². The van der Waals surface area contributed by atoms with E-state index in [0.29, 0.717) is 17.3 Å². The molecule has 2 aromatic rings. The zero-order valence-electron chi connectivity index (χ0n) is 7.55. The molecule has 0 spiro atoms. The molecular weight excluding hydrogens is 221 g/mol. The third-order valence-corrected chi connectivity index (χ3v) is 2.49. The molecule has 6 heteroatoms. The van der Waals surface area contributed by atoms with Gasteiger partial charge in [-0.25, -0.2) is 9.37 Å². The van der Waals surface area contributed by atoms with E-state index in [9.17, 15) is 9.18 Å². The molecule has 4 nitrogen and oxygen atoms in total. The normalized spacial score (nSPS) is 10.8. The summed E-state index contributed by atoms with van der Waals surface area (Å²) in [5.41, 5.74) is 6.92. The Labute approximate surface area is 89.2 Å².